The Morgan fingerprint density at radius 1 is 0.460 bits per heavy atom. The second kappa shape index (κ2) is 11.6. The van der Waals surface area contributed by atoms with E-state index in [0.29, 0.717) is 38.7 Å². The third-order valence-electron chi connectivity index (χ3n) is 8.80. The lowest BCUT2D eigenvalue weighted by atomic mass is 9.99. The van der Waals surface area contributed by atoms with Crippen molar-refractivity contribution in [3.63, 3.8) is 0 Å². The first-order valence-corrected chi connectivity index (χ1v) is 16.8. The van der Waals surface area contributed by atoms with E-state index >= 15 is 0 Å². The maximum atomic E-state index is 9.23. The summed E-state index contributed by atoms with van der Waals surface area (Å²) < 4.78 is 82.7. The Hall–Kier alpha value is -6.43. The monoisotopic (exact) mass is 665 g/mol. The van der Waals surface area contributed by atoms with Crippen LogP contribution in [0.3, 0.4) is 0 Å². The zero-order valence-electron chi connectivity index (χ0n) is 35.2. The molecule has 50 heavy (non-hydrogen) atoms. The fraction of sp³-hybridized carbons (Fsp3) is 0. The lowest BCUT2D eigenvalue weighted by molar-refractivity contribution is 1.06. The molecule has 0 aliphatic carbocycles. The number of hydrogen-bond acceptors (Lipinski definition) is 4. The number of fused-ring (bicyclic) bond motifs is 6. The maximum absolute atomic E-state index is 9.23. The molecule has 0 unspecified atom stereocenters. The highest BCUT2D eigenvalue weighted by atomic mass is 32.1. The van der Waals surface area contributed by atoms with Gasteiger partial charge in [-0.25, -0.2) is 15.0 Å². The molecule has 0 atom stereocenters. The summed E-state index contributed by atoms with van der Waals surface area (Å²) in [6.07, 6.45) is 0. The predicted octanol–water partition coefficient (Wildman–Crippen LogP) is 12.0. The van der Waals surface area contributed by atoms with Gasteiger partial charge in [-0.15, -0.1) is 11.3 Å². The van der Waals surface area contributed by atoms with E-state index in [-0.39, 0.29) is 82.0 Å². The van der Waals surface area contributed by atoms with Crippen molar-refractivity contribution in [1.29, 1.82) is 0 Å². The molecular weight excluding hydrogens is 629 g/mol. The molecule has 0 spiro atoms. The summed E-state index contributed by atoms with van der Waals surface area (Å²) in [6.45, 7) is 0. The molecular formula is C45H28N4S. The lowest BCUT2D eigenvalue weighted by Crippen LogP contribution is -2.04. The standard InChI is InChI=1S/C45H28N4S/c1-3-14-29(15-4-1)43-46-44(30-16-5-2-6-17-30)48-45(47-43)37-28-31(32-21-13-22-36-35-20-9-12-25-41(35)50-42(32)36)26-27-40(37)49-38-23-10-7-18-33(38)34-19-8-11-24-39(34)49/h1-28H/i7D,8D,9D,18D,19D,21D,23D,24D,25D. The zero-order valence-corrected chi connectivity index (χ0v) is 27.0. The Bertz CT molecular complexity index is 3260. The van der Waals surface area contributed by atoms with Crippen molar-refractivity contribution in [2.75, 3.05) is 0 Å². The van der Waals surface area contributed by atoms with E-state index in [1.54, 1.807) is 22.8 Å². The number of rotatable bonds is 5. The van der Waals surface area contributed by atoms with Crippen LogP contribution in [0.2, 0.25) is 0 Å². The average molecular weight is 666 g/mol. The predicted molar refractivity (Wildman–Crippen MR) is 209 cm³/mol. The SMILES string of the molecule is [2H]c1cc([2H])c2sc3c(-c4ccc(-n5c6c([2H])cc([2H])c([2H])c6c6c([2H])c([2H])cc([2H])c65)c(-c5nc(-c6ccccc6)nc(-c6ccccc6)n5)c4)c([2H])ccc3c2c1. The topological polar surface area (TPSA) is 43.6 Å². The number of thiophene rings is 1. The number of aromatic nitrogens is 4. The van der Waals surface area contributed by atoms with Crippen molar-refractivity contribution in [2.45, 2.75) is 0 Å². The first-order chi connectivity index (χ1) is 28.5. The van der Waals surface area contributed by atoms with Crippen LogP contribution in [0.4, 0.5) is 0 Å². The van der Waals surface area contributed by atoms with Gasteiger partial charge in [-0.2, -0.15) is 0 Å². The van der Waals surface area contributed by atoms with E-state index in [1.165, 1.54) is 29.5 Å². The molecule has 0 aliphatic rings. The molecule has 0 saturated carbocycles. The molecule has 0 saturated heterocycles. The molecule has 0 N–H and O–H groups in total. The van der Waals surface area contributed by atoms with Crippen LogP contribution in [0.1, 0.15) is 12.3 Å². The fourth-order valence-corrected chi connectivity index (χ4v) is 7.70. The minimum atomic E-state index is -0.228. The molecule has 0 amide bonds. The van der Waals surface area contributed by atoms with Crippen LogP contribution in [0, 0.1) is 0 Å². The van der Waals surface area contributed by atoms with E-state index in [1.807, 2.05) is 78.9 Å². The van der Waals surface area contributed by atoms with Crippen LogP contribution < -0.4 is 0 Å². The second-order valence-electron chi connectivity index (χ2n) is 11.7. The number of hydrogen-bond donors (Lipinski definition) is 0. The quantitative estimate of drug-likeness (QED) is 0.184. The Morgan fingerprint density at radius 2 is 1.10 bits per heavy atom. The molecule has 4 nitrogen and oxygen atoms in total. The molecule has 10 aromatic rings. The summed E-state index contributed by atoms with van der Waals surface area (Å²) in [6, 6.07) is 33.3. The van der Waals surface area contributed by atoms with Crippen LogP contribution in [0.5, 0.6) is 0 Å². The molecule has 7 aromatic carbocycles. The van der Waals surface area contributed by atoms with Gasteiger partial charge < -0.3 is 4.57 Å². The summed E-state index contributed by atoms with van der Waals surface area (Å²) in [5, 5.41) is 1.81. The van der Waals surface area contributed by atoms with Crippen molar-refractivity contribution in [2.24, 2.45) is 0 Å². The lowest BCUT2D eigenvalue weighted by Gasteiger charge is -2.16. The van der Waals surface area contributed by atoms with Gasteiger partial charge in [0.25, 0.3) is 0 Å². The highest BCUT2D eigenvalue weighted by Crippen LogP contribution is 2.42. The minimum absolute atomic E-state index is 0.105. The molecule has 3 heterocycles. The first kappa shape index (κ1) is 20.8. The number of para-hydroxylation sites is 2. The molecule has 10 rings (SSSR count). The fourth-order valence-electron chi connectivity index (χ4n) is 6.53. The van der Waals surface area contributed by atoms with Gasteiger partial charge >= 0.3 is 0 Å². The summed E-state index contributed by atoms with van der Waals surface area (Å²) >= 11 is 1.39. The molecule has 0 radical (unpaired) electrons. The van der Waals surface area contributed by atoms with Crippen molar-refractivity contribution >= 4 is 53.3 Å². The van der Waals surface area contributed by atoms with Crippen LogP contribution >= 0.6 is 11.3 Å². The summed E-state index contributed by atoms with van der Waals surface area (Å²) in [4.78, 5) is 15.0. The molecule has 0 aliphatic heterocycles. The van der Waals surface area contributed by atoms with Crippen LogP contribution in [0.15, 0.2) is 170 Å². The second-order valence-corrected chi connectivity index (χ2v) is 12.7. The Kier molecular flexibility index (Phi) is 4.84. The third kappa shape index (κ3) is 4.63. The summed E-state index contributed by atoms with van der Waals surface area (Å²) in [5.74, 6) is 1.00. The molecule has 0 fully saturated rings. The van der Waals surface area contributed by atoms with Gasteiger partial charge in [0.05, 0.1) is 29.1 Å². The molecule has 3 aromatic heterocycles. The number of nitrogens with zero attached hydrogens (tertiary/aromatic N) is 4. The van der Waals surface area contributed by atoms with Gasteiger partial charge in [-0.05, 0) is 41.4 Å². The number of benzene rings is 7. The van der Waals surface area contributed by atoms with Crippen molar-refractivity contribution in [1.82, 2.24) is 19.5 Å². The van der Waals surface area contributed by atoms with Gasteiger partial charge in [-0.3, -0.25) is 0 Å². The first-order valence-electron chi connectivity index (χ1n) is 20.5. The van der Waals surface area contributed by atoms with Gasteiger partial charge in [0.15, 0.2) is 17.5 Å². The van der Waals surface area contributed by atoms with E-state index in [2.05, 4.69) is 0 Å². The van der Waals surface area contributed by atoms with E-state index in [0.717, 1.165) is 26.6 Å². The van der Waals surface area contributed by atoms with Crippen LogP contribution in [-0.2, 0) is 0 Å². The Labute approximate surface area is 305 Å². The largest absolute Gasteiger partial charge is 0.309 e. The van der Waals surface area contributed by atoms with Crippen molar-refractivity contribution in [3.05, 3.63) is 170 Å². The van der Waals surface area contributed by atoms with Crippen molar-refractivity contribution < 1.29 is 12.3 Å². The molecule has 0 bridgehead atoms. The molecule has 5 heteroatoms. The van der Waals surface area contributed by atoms with Crippen LogP contribution in [-0.4, -0.2) is 19.5 Å². The Balaban J connectivity index is 1.36. The normalized spacial score (nSPS) is 14.1. The van der Waals surface area contributed by atoms with E-state index in [9.17, 15) is 4.11 Å². The minimum Gasteiger partial charge on any atom is -0.309 e. The maximum Gasteiger partial charge on any atom is 0.166 e. The van der Waals surface area contributed by atoms with Gasteiger partial charge in [0.2, 0.25) is 0 Å². The summed E-state index contributed by atoms with van der Waals surface area (Å²) in [5.41, 5.74) is 3.87. The highest BCUT2D eigenvalue weighted by molar-refractivity contribution is 7.26. The van der Waals surface area contributed by atoms with Gasteiger partial charge in [-0.1, -0.05) is 139 Å². The average Bonchev–Trinajstić information content (AvgIpc) is 3.80. The Morgan fingerprint density at radius 3 is 1.78 bits per heavy atom. The zero-order chi connectivity index (χ0) is 40.9. The van der Waals surface area contributed by atoms with E-state index in [4.69, 9.17) is 23.2 Å². The highest BCUT2D eigenvalue weighted by Gasteiger charge is 2.21. The van der Waals surface area contributed by atoms with E-state index < -0.39 is 0 Å². The third-order valence-corrected chi connectivity index (χ3v) is 9.97. The summed E-state index contributed by atoms with van der Waals surface area (Å²) in [7, 11) is 0. The van der Waals surface area contributed by atoms with Gasteiger partial charge in [0, 0.05) is 47.6 Å². The smallest absolute Gasteiger partial charge is 0.166 e. The van der Waals surface area contributed by atoms with Gasteiger partial charge in [0.1, 0.15) is 0 Å². The molecule has 234 valence electrons. The van der Waals surface area contributed by atoms with Crippen molar-refractivity contribution in [3.8, 4) is 51.0 Å². The van der Waals surface area contributed by atoms with Crippen LogP contribution in [0.25, 0.3) is 93.0 Å².